The lowest BCUT2D eigenvalue weighted by Crippen LogP contribution is -2.50. The number of fused-ring (bicyclic) bond motifs is 1. The van der Waals surface area contributed by atoms with Gasteiger partial charge >= 0.3 is 0 Å². The fourth-order valence-electron chi connectivity index (χ4n) is 3.70. The molecule has 0 aliphatic carbocycles. The van der Waals surface area contributed by atoms with Crippen molar-refractivity contribution in [2.24, 2.45) is 0 Å². The van der Waals surface area contributed by atoms with E-state index in [4.69, 9.17) is 0 Å². The van der Waals surface area contributed by atoms with E-state index in [1.165, 1.54) is 27.1 Å². The standard InChI is InChI=1S/C21H20N6O2S2/c1-14-3-4-16(31-14)15-12-30-19-18(15)20(29)27(13-24-19)11-17(28)25-7-9-26(10-8-25)21-22-5-2-6-23-21/h2-6,12-13H,7-11H2,1H3. The number of anilines is 1. The van der Waals surface area contributed by atoms with Gasteiger partial charge in [0.25, 0.3) is 5.56 Å². The maximum atomic E-state index is 13.2. The van der Waals surface area contributed by atoms with Crippen molar-refractivity contribution in [1.82, 2.24) is 24.4 Å². The van der Waals surface area contributed by atoms with Crippen LogP contribution in [0.1, 0.15) is 4.88 Å². The molecule has 1 fully saturated rings. The average molecular weight is 453 g/mol. The smallest absolute Gasteiger partial charge is 0.263 e. The number of carbonyl (C=O) groups excluding carboxylic acids is 1. The molecule has 0 spiro atoms. The van der Waals surface area contributed by atoms with E-state index in [1.54, 1.807) is 34.7 Å². The van der Waals surface area contributed by atoms with E-state index >= 15 is 0 Å². The Balaban J connectivity index is 1.33. The monoisotopic (exact) mass is 452 g/mol. The van der Waals surface area contributed by atoms with E-state index in [9.17, 15) is 9.59 Å². The van der Waals surface area contributed by atoms with Crippen molar-refractivity contribution in [3.8, 4) is 10.4 Å². The lowest BCUT2D eigenvalue weighted by molar-refractivity contribution is -0.132. The van der Waals surface area contributed by atoms with Crippen LogP contribution >= 0.6 is 22.7 Å². The van der Waals surface area contributed by atoms with Gasteiger partial charge in [-0.3, -0.25) is 14.2 Å². The van der Waals surface area contributed by atoms with Gasteiger partial charge < -0.3 is 9.80 Å². The third kappa shape index (κ3) is 3.84. The largest absolute Gasteiger partial charge is 0.338 e. The van der Waals surface area contributed by atoms with Crippen LogP contribution in [0.4, 0.5) is 5.95 Å². The van der Waals surface area contributed by atoms with Crippen molar-refractivity contribution < 1.29 is 4.79 Å². The highest BCUT2D eigenvalue weighted by molar-refractivity contribution is 7.19. The molecule has 0 bridgehead atoms. The normalized spacial score (nSPS) is 14.4. The number of nitrogens with zero attached hydrogens (tertiary/aromatic N) is 6. The highest BCUT2D eigenvalue weighted by atomic mass is 32.1. The van der Waals surface area contributed by atoms with Gasteiger partial charge in [-0.15, -0.1) is 22.7 Å². The number of carbonyl (C=O) groups is 1. The van der Waals surface area contributed by atoms with Crippen LogP contribution in [0.15, 0.2) is 47.1 Å². The van der Waals surface area contributed by atoms with Gasteiger partial charge in [-0.05, 0) is 25.1 Å². The van der Waals surface area contributed by atoms with Crippen molar-refractivity contribution in [3.63, 3.8) is 0 Å². The molecule has 0 N–H and O–H groups in total. The summed E-state index contributed by atoms with van der Waals surface area (Å²) < 4.78 is 1.42. The summed E-state index contributed by atoms with van der Waals surface area (Å²) >= 11 is 3.11. The molecule has 4 aromatic rings. The molecule has 1 aliphatic rings. The molecule has 1 aliphatic heterocycles. The number of aromatic nitrogens is 4. The van der Waals surface area contributed by atoms with E-state index in [2.05, 4.69) is 19.9 Å². The highest BCUT2D eigenvalue weighted by Gasteiger charge is 2.23. The maximum Gasteiger partial charge on any atom is 0.263 e. The number of amides is 1. The Hall–Kier alpha value is -3.11. The van der Waals surface area contributed by atoms with Crippen LogP contribution in [-0.2, 0) is 11.3 Å². The first-order valence-electron chi connectivity index (χ1n) is 9.93. The molecular formula is C21H20N6O2S2. The third-order valence-electron chi connectivity index (χ3n) is 5.34. The summed E-state index contributed by atoms with van der Waals surface area (Å²) in [5.74, 6) is 0.592. The van der Waals surface area contributed by atoms with E-state index < -0.39 is 0 Å². The summed E-state index contributed by atoms with van der Waals surface area (Å²) in [5.41, 5.74) is 0.728. The quantitative estimate of drug-likeness (QED) is 0.473. The molecule has 4 aromatic heterocycles. The van der Waals surface area contributed by atoms with Crippen LogP contribution in [0.5, 0.6) is 0 Å². The Kier molecular flexibility index (Phi) is 5.24. The molecule has 10 heteroatoms. The van der Waals surface area contributed by atoms with E-state index in [0.29, 0.717) is 42.3 Å². The molecule has 8 nitrogen and oxygen atoms in total. The van der Waals surface area contributed by atoms with Crippen molar-refractivity contribution in [2.45, 2.75) is 13.5 Å². The minimum absolute atomic E-state index is 0.0115. The van der Waals surface area contributed by atoms with Gasteiger partial charge in [-0.2, -0.15) is 0 Å². The topological polar surface area (TPSA) is 84.2 Å². The van der Waals surface area contributed by atoms with Crippen molar-refractivity contribution in [2.75, 3.05) is 31.1 Å². The van der Waals surface area contributed by atoms with Crippen LogP contribution < -0.4 is 10.5 Å². The van der Waals surface area contributed by atoms with E-state index in [1.807, 2.05) is 24.4 Å². The number of aryl methyl sites for hydroxylation is 1. The molecule has 158 valence electrons. The SMILES string of the molecule is Cc1ccc(-c2csc3ncn(CC(=O)N4CCN(c5ncccn5)CC4)c(=O)c23)s1. The summed E-state index contributed by atoms with van der Waals surface area (Å²) in [6, 6.07) is 5.85. The first-order valence-corrected chi connectivity index (χ1v) is 11.6. The number of rotatable bonds is 4. The molecule has 0 unspecified atom stereocenters. The van der Waals surface area contributed by atoms with E-state index in [-0.39, 0.29) is 18.0 Å². The number of hydrogen-bond acceptors (Lipinski definition) is 8. The summed E-state index contributed by atoms with van der Waals surface area (Å²) in [4.78, 5) is 45.8. The van der Waals surface area contributed by atoms with Crippen molar-refractivity contribution >= 4 is 44.7 Å². The molecule has 1 saturated heterocycles. The van der Waals surface area contributed by atoms with E-state index in [0.717, 1.165) is 10.4 Å². The summed E-state index contributed by atoms with van der Waals surface area (Å²) in [6.45, 7) is 4.49. The van der Waals surface area contributed by atoms with Crippen LogP contribution in [-0.4, -0.2) is 56.5 Å². The molecule has 0 aromatic carbocycles. The Morgan fingerprint density at radius 1 is 1.10 bits per heavy atom. The Morgan fingerprint density at radius 3 is 2.58 bits per heavy atom. The third-order valence-corrected chi connectivity index (χ3v) is 7.26. The zero-order valence-electron chi connectivity index (χ0n) is 16.9. The van der Waals surface area contributed by atoms with Crippen molar-refractivity contribution in [3.05, 3.63) is 57.5 Å². The zero-order chi connectivity index (χ0) is 21.4. The van der Waals surface area contributed by atoms with Gasteiger partial charge in [0.1, 0.15) is 11.4 Å². The van der Waals surface area contributed by atoms with Gasteiger partial charge in [0.15, 0.2) is 0 Å². The van der Waals surface area contributed by atoms with Gasteiger partial charge in [-0.25, -0.2) is 15.0 Å². The van der Waals surface area contributed by atoms with Crippen LogP contribution in [0.3, 0.4) is 0 Å². The molecule has 5 heterocycles. The van der Waals surface area contributed by atoms with Crippen LogP contribution in [0.2, 0.25) is 0 Å². The highest BCUT2D eigenvalue weighted by Crippen LogP contribution is 2.34. The van der Waals surface area contributed by atoms with Crippen LogP contribution in [0.25, 0.3) is 20.7 Å². The predicted molar refractivity (Wildman–Crippen MR) is 123 cm³/mol. The Bertz CT molecular complexity index is 1290. The second-order valence-corrected chi connectivity index (χ2v) is 9.48. The van der Waals surface area contributed by atoms with Crippen molar-refractivity contribution in [1.29, 1.82) is 0 Å². The fraction of sp³-hybridized carbons (Fsp3) is 0.286. The lowest BCUT2D eigenvalue weighted by atomic mass is 10.2. The first-order chi connectivity index (χ1) is 15.1. The minimum atomic E-state index is -0.169. The predicted octanol–water partition coefficient (Wildman–Crippen LogP) is 2.63. The van der Waals surface area contributed by atoms with Crippen LogP contribution in [0, 0.1) is 6.92 Å². The number of thiophene rings is 2. The Labute approximate surface area is 186 Å². The Morgan fingerprint density at radius 2 is 1.87 bits per heavy atom. The molecule has 1 amide bonds. The molecular weight excluding hydrogens is 432 g/mol. The lowest BCUT2D eigenvalue weighted by Gasteiger charge is -2.34. The van der Waals surface area contributed by atoms with Gasteiger partial charge in [0.05, 0.1) is 11.7 Å². The summed E-state index contributed by atoms with van der Waals surface area (Å²) in [7, 11) is 0. The zero-order valence-corrected chi connectivity index (χ0v) is 18.5. The number of piperazine rings is 1. The second-order valence-electron chi connectivity index (χ2n) is 7.33. The minimum Gasteiger partial charge on any atom is -0.338 e. The summed E-state index contributed by atoms with van der Waals surface area (Å²) in [5, 5.41) is 2.56. The molecule has 5 rings (SSSR count). The molecule has 0 radical (unpaired) electrons. The van der Waals surface area contributed by atoms with Gasteiger partial charge in [-0.1, -0.05) is 0 Å². The fourth-order valence-corrected chi connectivity index (χ4v) is 5.56. The first kappa shape index (κ1) is 19.8. The molecule has 0 atom stereocenters. The number of hydrogen-bond donors (Lipinski definition) is 0. The maximum absolute atomic E-state index is 13.2. The average Bonchev–Trinajstić information content (AvgIpc) is 3.43. The van der Waals surface area contributed by atoms with Gasteiger partial charge in [0, 0.05) is 59.3 Å². The molecule has 0 saturated carbocycles. The summed E-state index contributed by atoms with van der Waals surface area (Å²) in [6.07, 6.45) is 4.91. The van der Waals surface area contributed by atoms with Gasteiger partial charge in [0.2, 0.25) is 11.9 Å². The molecule has 31 heavy (non-hydrogen) atoms. The second kappa shape index (κ2) is 8.20.